The Morgan fingerprint density at radius 2 is 1.66 bits per heavy atom. The third-order valence-electron chi connectivity index (χ3n) is 5.42. The largest absolute Gasteiger partial charge is 0.493 e. The molecule has 0 aromatic heterocycles. The molecule has 1 aromatic rings. The number of nitrogens with zero attached hydrogens (tertiary/aromatic N) is 1. The van der Waals surface area contributed by atoms with Crippen LogP contribution in [0.25, 0.3) is 0 Å². The van der Waals surface area contributed by atoms with Crippen LogP contribution in [-0.2, 0) is 20.7 Å². The Morgan fingerprint density at radius 1 is 1.00 bits per heavy atom. The van der Waals surface area contributed by atoms with Crippen molar-refractivity contribution in [2.24, 2.45) is 0 Å². The van der Waals surface area contributed by atoms with Crippen LogP contribution in [0.4, 0.5) is 0 Å². The van der Waals surface area contributed by atoms with E-state index in [1.165, 1.54) is 21.3 Å². The lowest BCUT2D eigenvalue weighted by molar-refractivity contribution is -0.160. The number of likely N-dealkylation sites (tertiary alicyclic amines) is 1. The molecule has 1 atom stereocenters. The number of methoxy groups -OCH3 is 3. The van der Waals surface area contributed by atoms with Crippen molar-refractivity contribution < 1.29 is 28.5 Å². The number of piperidine rings is 1. The lowest BCUT2D eigenvalue weighted by Crippen LogP contribution is -2.49. The summed E-state index contributed by atoms with van der Waals surface area (Å²) in [5.41, 5.74) is 0.738. The van der Waals surface area contributed by atoms with Crippen molar-refractivity contribution in [3.63, 3.8) is 0 Å². The van der Waals surface area contributed by atoms with E-state index < -0.39 is 6.04 Å². The van der Waals surface area contributed by atoms with Crippen LogP contribution in [0, 0.1) is 0 Å². The Hall–Kier alpha value is -2.70. The molecule has 2 aliphatic rings. The third-order valence-corrected chi connectivity index (χ3v) is 5.42. The number of hydrogen-bond acceptors (Lipinski definition) is 6. The van der Waals surface area contributed by atoms with Gasteiger partial charge in [-0.05, 0) is 37.0 Å². The summed E-state index contributed by atoms with van der Waals surface area (Å²) in [6, 6.07) is 3.01. The molecule has 1 aliphatic heterocycles. The second kappa shape index (κ2) is 9.67. The summed E-state index contributed by atoms with van der Waals surface area (Å²) in [6.07, 6.45) is 8.02. The second-order valence-corrected chi connectivity index (χ2v) is 7.31. The maximum atomic E-state index is 13.1. The topological polar surface area (TPSA) is 74.3 Å². The first-order valence-electron chi connectivity index (χ1n) is 10.0. The second-order valence-electron chi connectivity index (χ2n) is 7.31. The average Bonchev–Trinajstić information content (AvgIpc) is 3.25. The summed E-state index contributed by atoms with van der Waals surface area (Å²) >= 11 is 0. The number of rotatable bonds is 7. The highest BCUT2D eigenvalue weighted by Gasteiger charge is 2.34. The molecule has 1 aliphatic carbocycles. The van der Waals surface area contributed by atoms with Crippen molar-refractivity contribution in [3.05, 3.63) is 29.8 Å². The van der Waals surface area contributed by atoms with E-state index in [4.69, 9.17) is 18.9 Å². The minimum atomic E-state index is -0.515. The number of amides is 1. The van der Waals surface area contributed by atoms with E-state index in [0.29, 0.717) is 30.2 Å². The highest BCUT2D eigenvalue weighted by Crippen LogP contribution is 2.38. The Balaban J connectivity index is 1.73. The number of carbonyl (C=O) groups is 2. The van der Waals surface area contributed by atoms with Gasteiger partial charge in [-0.3, -0.25) is 4.79 Å². The summed E-state index contributed by atoms with van der Waals surface area (Å²) in [4.78, 5) is 27.4. The van der Waals surface area contributed by atoms with Gasteiger partial charge in [-0.1, -0.05) is 12.2 Å². The molecule has 0 N–H and O–H groups in total. The molecule has 3 rings (SSSR count). The summed E-state index contributed by atoms with van der Waals surface area (Å²) in [6.45, 7) is 0.561. The van der Waals surface area contributed by atoms with E-state index in [0.717, 1.165) is 31.2 Å². The van der Waals surface area contributed by atoms with Crippen LogP contribution in [0.3, 0.4) is 0 Å². The molecule has 158 valence electrons. The van der Waals surface area contributed by atoms with Gasteiger partial charge in [0.25, 0.3) is 0 Å². The van der Waals surface area contributed by atoms with E-state index in [1.54, 1.807) is 17.0 Å². The number of hydrogen-bond donors (Lipinski definition) is 0. The highest BCUT2D eigenvalue weighted by molar-refractivity contribution is 5.86. The smallest absolute Gasteiger partial charge is 0.329 e. The van der Waals surface area contributed by atoms with Crippen molar-refractivity contribution in [2.75, 3.05) is 27.9 Å². The number of benzene rings is 1. The first kappa shape index (κ1) is 21.0. The minimum Gasteiger partial charge on any atom is -0.493 e. The zero-order valence-electron chi connectivity index (χ0n) is 17.3. The van der Waals surface area contributed by atoms with E-state index in [1.807, 2.05) is 12.2 Å². The van der Waals surface area contributed by atoms with Crippen molar-refractivity contribution in [1.82, 2.24) is 4.90 Å². The Labute approximate surface area is 171 Å². The van der Waals surface area contributed by atoms with E-state index in [9.17, 15) is 9.59 Å². The van der Waals surface area contributed by atoms with Crippen molar-refractivity contribution in [1.29, 1.82) is 0 Å². The Morgan fingerprint density at radius 3 is 2.24 bits per heavy atom. The van der Waals surface area contributed by atoms with Gasteiger partial charge in [-0.15, -0.1) is 0 Å². The van der Waals surface area contributed by atoms with E-state index in [-0.39, 0.29) is 24.4 Å². The number of ether oxygens (including phenoxy) is 4. The van der Waals surface area contributed by atoms with Crippen LogP contribution < -0.4 is 14.2 Å². The molecule has 0 bridgehead atoms. The van der Waals surface area contributed by atoms with Gasteiger partial charge in [-0.25, -0.2) is 4.79 Å². The molecule has 1 aromatic carbocycles. The first-order valence-corrected chi connectivity index (χ1v) is 10.0. The van der Waals surface area contributed by atoms with Crippen LogP contribution in [-0.4, -0.2) is 56.8 Å². The molecule has 29 heavy (non-hydrogen) atoms. The van der Waals surface area contributed by atoms with Crippen molar-refractivity contribution >= 4 is 11.9 Å². The van der Waals surface area contributed by atoms with Crippen LogP contribution >= 0.6 is 0 Å². The molecule has 1 saturated heterocycles. The number of carbonyl (C=O) groups excluding carboxylic acids is 2. The third kappa shape index (κ3) is 4.83. The molecule has 7 nitrogen and oxygen atoms in total. The minimum absolute atomic E-state index is 0.100. The van der Waals surface area contributed by atoms with Crippen molar-refractivity contribution in [2.45, 2.75) is 50.7 Å². The zero-order valence-corrected chi connectivity index (χ0v) is 17.3. The lowest BCUT2D eigenvalue weighted by atomic mass is 10.0. The number of esters is 1. The summed E-state index contributed by atoms with van der Waals surface area (Å²) in [5, 5.41) is 0. The first-order chi connectivity index (χ1) is 14.1. The standard InChI is InChI=1S/C22H29NO6/c1-26-18-12-15(13-19(27-2)21(18)28-3)14-20(24)23-11-7-6-10-17(23)22(25)29-16-8-4-5-9-16/h4-5,12-13,16-17H,6-11,14H2,1-3H3. The van der Waals surface area contributed by atoms with Crippen molar-refractivity contribution in [3.8, 4) is 17.2 Å². The van der Waals surface area contributed by atoms with Gasteiger partial charge in [0.2, 0.25) is 11.7 Å². The highest BCUT2D eigenvalue weighted by atomic mass is 16.5. The predicted molar refractivity (Wildman–Crippen MR) is 107 cm³/mol. The molecule has 1 unspecified atom stereocenters. The summed E-state index contributed by atoms with van der Waals surface area (Å²) in [7, 11) is 4.61. The Kier molecular flexibility index (Phi) is 7.01. The van der Waals surface area contributed by atoms with Crippen LogP contribution in [0.2, 0.25) is 0 Å². The van der Waals surface area contributed by atoms with E-state index in [2.05, 4.69) is 0 Å². The SMILES string of the molecule is COc1cc(CC(=O)N2CCCCC2C(=O)OC2CC=CC2)cc(OC)c1OC. The molecule has 7 heteroatoms. The molecule has 0 spiro atoms. The molecule has 1 fully saturated rings. The summed E-state index contributed by atoms with van der Waals surface area (Å²) < 4.78 is 21.7. The van der Waals surface area contributed by atoms with Gasteiger partial charge in [0.15, 0.2) is 11.5 Å². The maximum absolute atomic E-state index is 13.1. The fraction of sp³-hybridized carbons (Fsp3) is 0.545. The molecule has 1 amide bonds. The fourth-order valence-corrected chi connectivity index (χ4v) is 3.92. The van der Waals surface area contributed by atoms with E-state index >= 15 is 0 Å². The predicted octanol–water partition coefficient (Wildman–Crippen LogP) is 2.90. The fourth-order valence-electron chi connectivity index (χ4n) is 3.92. The van der Waals surface area contributed by atoms with Gasteiger partial charge in [0.1, 0.15) is 12.1 Å². The van der Waals surface area contributed by atoms with Gasteiger partial charge in [0.05, 0.1) is 27.8 Å². The van der Waals surface area contributed by atoms with Gasteiger partial charge in [-0.2, -0.15) is 0 Å². The van der Waals surface area contributed by atoms with Gasteiger partial charge >= 0.3 is 5.97 Å². The van der Waals surface area contributed by atoms with Crippen LogP contribution in [0.1, 0.15) is 37.7 Å². The maximum Gasteiger partial charge on any atom is 0.329 e. The summed E-state index contributed by atoms with van der Waals surface area (Å²) in [5.74, 6) is 1.08. The molecular weight excluding hydrogens is 374 g/mol. The van der Waals surface area contributed by atoms with Crippen LogP contribution in [0.5, 0.6) is 17.2 Å². The van der Waals surface area contributed by atoms with Gasteiger partial charge < -0.3 is 23.8 Å². The Bertz CT molecular complexity index is 742. The normalized spacial score (nSPS) is 19.1. The van der Waals surface area contributed by atoms with Crippen LogP contribution in [0.15, 0.2) is 24.3 Å². The molecule has 0 radical (unpaired) electrons. The lowest BCUT2D eigenvalue weighted by Gasteiger charge is -2.34. The quantitative estimate of drug-likeness (QED) is 0.515. The van der Waals surface area contributed by atoms with Gasteiger partial charge in [0, 0.05) is 19.4 Å². The molecule has 0 saturated carbocycles. The monoisotopic (exact) mass is 403 g/mol. The molecular formula is C22H29NO6. The zero-order chi connectivity index (χ0) is 20.8. The molecule has 1 heterocycles. The average molecular weight is 403 g/mol.